The van der Waals surface area contributed by atoms with Gasteiger partial charge in [0.2, 0.25) is 0 Å². The molecular formula is C13H20N2O2. The lowest BCUT2D eigenvalue weighted by Gasteiger charge is -2.21. The summed E-state index contributed by atoms with van der Waals surface area (Å²) in [5, 5.41) is 0. The minimum absolute atomic E-state index is 0.215. The van der Waals surface area contributed by atoms with Gasteiger partial charge in [0.05, 0.1) is 13.7 Å². The summed E-state index contributed by atoms with van der Waals surface area (Å²) in [6.45, 7) is 3.91. The highest BCUT2D eigenvalue weighted by atomic mass is 16.5. The lowest BCUT2D eigenvalue weighted by Crippen LogP contribution is -2.31. The molecular weight excluding hydrogens is 216 g/mol. The van der Waals surface area contributed by atoms with Gasteiger partial charge in [-0.3, -0.25) is 9.69 Å². The average molecular weight is 236 g/mol. The molecule has 2 N–H and O–H groups in total. The number of methoxy groups -OCH3 is 1. The largest absolute Gasteiger partial charge is 0.468 e. The van der Waals surface area contributed by atoms with E-state index in [1.807, 2.05) is 29.2 Å². The summed E-state index contributed by atoms with van der Waals surface area (Å²) in [7, 11) is 1.41. The second kappa shape index (κ2) is 6.91. The molecule has 0 aliphatic rings. The fourth-order valence-electron chi connectivity index (χ4n) is 1.70. The maximum Gasteiger partial charge on any atom is 0.319 e. The van der Waals surface area contributed by atoms with Crippen molar-refractivity contribution in [2.75, 3.05) is 25.9 Å². The Morgan fingerprint density at radius 2 is 2.12 bits per heavy atom. The first-order chi connectivity index (χ1) is 8.17. The van der Waals surface area contributed by atoms with E-state index in [0.29, 0.717) is 13.1 Å². The summed E-state index contributed by atoms with van der Waals surface area (Å²) >= 11 is 0. The number of carbonyl (C=O) groups is 1. The van der Waals surface area contributed by atoms with Gasteiger partial charge in [0.1, 0.15) is 0 Å². The Morgan fingerprint density at radius 3 is 2.71 bits per heavy atom. The molecule has 4 nitrogen and oxygen atoms in total. The number of nitrogens with zero attached hydrogens (tertiary/aromatic N) is 1. The summed E-state index contributed by atoms with van der Waals surface area (Å²) in [4.78, 5) is 13.3. The molecule has 0 aliphatic carbocycles. The number of rotatable bonds is 6. The Bertz CT molecular complexity index is 366. The molecule has 1 aromatic carbocycles. The van der Waals surface area contributed by atoms with E-state index in [1.54, 1.807) is 0 Å². The predicted octanol–water partition coefficient (Wildman–Crippen LogP) is 1.65. The maximum atomic E-state index is 11.3. The molecule has 0 heterocycles. The van der Waals surface area contributed by atoms with Crippen LogP contribution in [-0.4, -0.2) is 31.1 Å². The Hall–Kier alpha value is -1.55. The molecule has 0 bridgehead atoms. The van der Waals surface area contributed by atoms with Crippen LogP contribution in [0.3, 0.4) is 0 Å². The minimum atomic E-state index is -0.215. The number of esters is 1. The van der Waals surface area contributed by atoms with Crippen molar-refractivity contribution in [3.8, 4) is 0 Å². The zero-order valence-corrected chi connectivity index (χ0v) is 10.5. The molecule has 0 saturated carbocycles. The van der Waals surface area contributed by atoms with Crippen LogP contribution in [-0.2, 0) is 16.1 Å². The van der Waals surface area contributed by atoms with Crippen LogP contribution >= 0.6 is 0 Å². The molecule has 0 radical (unpaired) electrons. The number of carbonyl (C=O) groups excluding carboxylic acids is 1. The van der Waals surface area contributed by atoms with Crippen molar-refractivity contribution in [1.29, 1.82) is 0 Å². The fourth-order valence-corrected chi connectivity index (χ4v) is 1.70. The molecule has 1 rings (SSSR count). The van der Waals surface area contributed by atoms with Gasteiger partial charge in [-0.2, -0.15) is 0 Å². The number of nitrogens with two attached hydrogens (primary N) is 1. The zero-order valence-electron chi connectivity index (χ0n) is 10.5. The summed E-state index contributed by atoms with van der Waals surface area (Å²) in [5.41, 5.74) is 7.69. The Kier molecular flexibility index (Phi) is 5.49. The molecule has 0 atom stereocenters. The first kappa shape index (κ1) is 13.5. The van der Waals surface area contributed by atoms with Gasteiger partial charge in [-0.05, 0) is 24.6 Å². The molecule has 0 aliphatic heterocycles. The van der Waals surface area contributed by atoms with Gasteiger partial charge in [-0.25, -0.2) is 0 Å². The zero-order chi connectivity index (χ0) is 12.7. The van der Waals surface area contributed by atoms with E-state index in [2.05, 4.69) is 11.7 Å². The van der Waals surface area contributed by atoms with E-state index < -0.39 is 0 Å². The van der Waals surface area contributed by atoms with Crippen LogP contribution in [0.2, 0.25) is 0 Å². The van der Waals surface area contributed by atoms with Crippen molar-refractivity contribution >= 4 is 11.7 Å². The Morgan fingerprint density at radius 1 is 1.41 bits per heavy atom. The summed E-state index contributed by atoms with van der Waals surface area (Å²) in [5.74, 6) is -0.215. The monoisotopic (exact) mass is 236 g/mol. The topological polar surface area (TPSA) is 55.6 Å². The van der Waals surface area contributed by atoms with Crippen molar-refractivity contribution < 1.29 is 9.53 Å². The predicted molar refractivity (Wildman–Crippen MR) is 68.4 cm³/mol. The molecule has 17 heavy (non-hydrogen) atoms. The first-order valence-electron chi connectivity index (χ1n) is 5.80. The number of hydrogen-bond donors (Lipinski definition) is 1. The number of anilines is 1. The number of nitrogen functional groups attached to an aromatic ring is 1. The Balaban J connectivity index is 2.66. The standard InChI is InChI=1S/C13H20N2O2/c1-3-8-15(10-13(16)17-2)9-11-6-4-5-7-12(11)14/h4-7H,3,8-10,14H2,1-2H3. The summed E-state index contributed by atoms with van der Waals surface area (Å²) in [6.07, 6.45) is 0.990. The SMILES string of the molecule is CCCN(CC(=O)OC)Cc1ccccc1N. The molecule has 0 unspecified atom stereocenters. The van der Waals surface area contributed by atoms with E-state index in [0.717, 1.165) is 24.2 Å². The molecule has 0 saturated heterocycles. The fraction of sp³-hybridized carbons (Fsp3) is 0.462. The van der Waals surface area contributed by atoms with Gasteiger partial charge in [0.25, 0.3) is 0 Å². The minimum Gasteiger partial charge on any atom is -0.468 e. The van der Waals surface area contributed by atoms with Crippen molar-refractivity contribution in [3.05, 3.63) is 29.8 Å². The molecule has 0 fully saturated rings. The van der Waals surface area contributed by atoms with E-state index >= 15 is 0 Å². The van der Waals surface area contributed by atoms with E-state index in [4.69, 9.17) is 5.73 Å². The second-order valence-electron chi connectivity index (χ2n) is 3.99. The van der Waals surface area contributed by atoms with Crippen LogP contribution in [0.5, 0.6) is 0 Å². The van der Waals surface area contributed by atoms with Crippen molar-refractivity contribution in [3.63, 3.8) is 0 Å². The van der Waals surface area contributed by atoms with Gasteiger partial charge in [-0.15, -0.1) is 0 Å². The van der Waals surface area contributed by atoms with E-state index in [1.165, 1.54) is 7.11 Å². The van der Waals surface area contributed by atoms with Crippen molar-refractivity contribution in [1.82, 2.24) is 4.90 Å². The quantitative estimate of drug-likeness (QED) is 0.603. The Labute approximate surface area is 102 Å². The second-order valence-corrected chi connectivity index (χ2v) is 3.99. The van der Waals surface area contributed by atoms with Crippen molar-refractivity contribution in [2.45, 2.75) is 19.9 Å². The van der Waals surface area contributed by atoms with Crippen LogP contribution in [0.25, 0.3) is 0 Å². The summed E-state index contributed by atoms with van der Waals surface area (Å²) < 4.78 is 4.68. The van der Waals surface area contributed by atoms with Gasteiger partial charge in [0, 0.05) is 12.2 Å². The molecule has 94 valence electrons. The van der Waals surface area contributed by atoms with Crippen LogP contribution in [0.15, 0.2) is 24.3 Å². The van der Waals surface area contributed by atoms with Crippen LogP contribution in [0, 0.1) is 0 Å². The number of ether oxygens (including phenoxy) is 1. The van der Waals surface area contributed by atoms with Gasteiger partial charge in [-0.1, -0.05) is 25.1 Å². The highest BCUT2D eigenvalue weighted by Crippen LogP contribution is 2.13. The third kappa shape index (κ3) is 4.44. The van der Waals surface area contributed by atoms with Crippen LogP contribution < -0.4 is 5.73 Å². The van der Waals surface area contributed by atoms with Gasteiger partial charge < -0.3 is 10.5 Å². The van der Waals surface area contributed by atoms with Crippen molar-refractivity contribution in [2.24, 2.45) is 0 Å². The molecule has 0 spiro atoms. The maximum absolute atomic E-state index is 11.3. The smallest absolute Gasteiger partial charge is 0.319 e. The number of benzene rings is 1. The third-order valence-electron chi connectivity index (χ3n) is 2.57. The van der Waals surface area contributed by atoms with Crippen LogP contribution in [0.1, 0.15) is 18.9 Å². The average Bonchev–Trinajstić information content (AvgIpc) is 2.32. The lowest BCUT2D eigenvalue weighted by atomic mass is 10.1. The summed E-state index contributed by atoms with van der Waals surface area (Å²) in [6, 6.07) is 7.71. The molecule has 0 aromatic heterocycles. The molecule has 0 amide bonds. The van der Waals surface area contributed by atoms with Gasteiger partial charge >= 0.3 is 5.97 Å². The normalized spacial score (nSPS) is 10.5. The molecule has 4 heteroatoms. The third-order valence-corrected chi connectivity index (χ3v) is 2.57. The highest BCUT2D eigenvalue weighted by Gasteiger charge is 2.11. The number of para-hydroxylation sites is 1. The van der Waals surface area contributed by atoms with Crippen LogP contribution in [0.4, 0.5) is 5.69 Å². The highest BCUT2D eigenvalue weighted by molar-refractivity contribution is 5.71. The molecule has 1 aromatic rings. The van der Waals surface area contributed by atoms with E-state index in [-0.39, 0.29) is 5.97 Å². The first-order valence-corrected chi connectivity index (χ1v) is 5.80. The lowest BCUT2D eigenvalue weighted by molar-refractivity contribution is -0.142. The number of hydrogen-bond acceptors (Lipinski definition) is 4. The van der Waals surface area contributed by atoms with E-state index in [9.17, 15) is 4.79 Å². The van der Waals surface area contributed by atoms with Gasteiger partial charge in [0.15, 0.2) is 0 Å².